The van der Waals surface area contributed by atoms with Crippen molar-refractivity contribution in [1.29, 1.82) is 0 Å². The second-order valence-corrected chi connectivity index (χ2v) is 7.65. The number of hydrogen-bond donors (Lipinski definition) is 1. The molecular weight excluding hydrogens is 342 g/mol. The minimum atomic E-state index is -3.64. The fourth-order valence-corrected chi connectivity index (χ4v) is 4.29. The van der Waals surface area contributed by atoms with Crippen LogP contribution in [0.2, 0.25) is 0 Å². The lowest BCUT2D eigenvalue weighted by Gasteiger charge is -2.32. The minimum absolute atomic E-state index is 0.144. The third-order valence-electron chi connectivity index (χ3n) is 3.93. The Morgan fingerprint density at radius 2 is 2.16 bits per heavy atom. The van der Waals surface area contributed by atoms with Gasteiger partial charge in [-0.1, -0.05) is 6.07 Å². The largest absolute Gasteiger partial charge is 0.378 e. The lowest BCUT2D eigenvalue weighted by atomic mass is 10.2. The van der Waals surface area contributed by atoms with Crippen molar-refractivity contribution in [3.8, 4) is 0 Å². The Balaban J connectivity index is 1.82. The van der Waals surface area contributed by atoms with E-state index in [9.17, 15) is 13.2 Å². The van der Waals surface area contributed by atoms with E-state index in [-0.39, 0.29) is 16.8 Å². The van der Waals surface area contributed by atoms with Crippen molar-refractivity contribution in [2.75, 3.05) is 25.1 Å². The van der Waals surface area contributed by atoms with Gasteiger partial charge in [0.15, 0.2) is 0 Å². The van der Waals surface area contributed by atoms with Crippen molar-refractivity contribution < 1.29 is 17.9 Å². The smallest absolute Gasteiger partial charge is 0.257 e. The average molecular weight is 361 g/mol. The van der Waals surface area contributed by atoms with Crippen LogP contribution in [0.15, 0.2) is 53.7 Å². The van der Waals surface area contributed by atoms with Gasteiger partial charge in [0.1, 0.15) is 0 Å². The number of amides is 1. The number of anilines is 1. The number of benzene rings is 1. The van der Waals surface area contributed by atoms with E-state index in [0.717, 1.165) is 0 Å². The molecule has 1 aliphatic heterocycles. The lowest BCUT2D eigenvalue weighted by molar-refractivity contribution is 0.0393. The normalized spacial score (nSPS) is 18.7. The first-order chi connectivity index (χ1) is 12.0. The Labute approximate surface area is 146 Å². The van der Waals surface area contributed by atoms with E-state index in [1.54, 1.807) is 30.5 Å². The Kier molecular flexibility index (Phi) is 5.12. The molecule has 0 spiro atoms. The molecule has 1 fully saturated rings. The van der Waals surface area contributed by atoms with E-state index in [0.29, 0.717) is 31.0 Å². The van der Waals surface area contributed by atoms with Gasteiger partial charge in [-0.2, -0.15) is 4.31 Å². The molecule has 1 saturated heterocycles. The number of hydrogen-bond acceptors (Lipinski definition) is 5. The van der Waals surface area contributed by atoms with Gasteiger partial charge in [0.25, 0.3) is 5.91 Å². The first-order valence-electron chi connectivity index (χ1n) is 7.89. The predicted octanol–water partition coefficient (Wildman–Crippen LogP) is 1.74. The van der Waals surface area contributed by atoms with E-state index in [1.165, 1.54) is 22.6 Å². The van der Waals surface area contributed by atoms with Gasteiger partial charge < -0.3 is 10.1 Å². The molecule has 2 aromatic rings. The van der Waals surface area contributed by atoms with Crippen LogP contribution in [0.4, 0.5) is 5.69 Å². The van der Waals surface area contributed by atoms with Gasteiger partial charge in [0.2, 0.25) is 10.0 Å². The van der Waals surface area contributed by atoms with Crippen molar-refractivity contribution >= 4 is 21.6 Å². The molecule has 25 heavy (non-hydrogen) atoms. The summed E-state index contributed by atoms with van der Waals surface area (Å²) >= 11 is 0. The van der Waals surface area contributed by atoms with E-state index in [1.807, 2.05) is 6.92 Å². The summed E-state index contributed by atoms with van der Waals surface area (Å²) in [6.07, 6.45) is 3.03. The maximum Gasteiger partial charge on any atom is 0.257 e. The molecule has 3 rings (SSSR count). The van der Waals surface area contributed by atoms with Crippen LogP contribution >= 0.6 is 0 Å². The van der Waals surface area contributed by atoms with E-state index < -0.39 is 10.0 Å². The summed E-state index contributed by atoms with van der Waals surface area (Å²) in [5, 5.41) is 2.70. The first-order valence-corrected chi connectivity index (χ1v) is 9.33. The summed E-state index contributed by atoms with van der Waals surface area (Å²) < 4.78 is 32.4. The number of morpholine rings is 1. The van der Waals surface area contributed by atoms with Gasteiger partial charge in [0.05, 0.1) is 23.7 Å². The van der Waals surface area contributed by atoms with E-state index >= 15 is 0 Å². The van der Waals surface area contributed by atoms with Crippen LogP contribution in [0.3, 0.4) is 0 Å². The number of ether oxygens (including phenoxy) is 1. The molecule has 1 aliphatic rings. The average Bonchev–Trinajstić information content (AvgIpc) is 2.63. The zero-order valence-electron chi connectivity index (χ0n) is 13.8. The number of nitrogens with zero attached hydrogens (tertiary/aromatic N) is 2. The highest BCUT2D eigenvalue weighted by Gasteiger charge is 2.31. The summed E-state index contributed by atoms with van der Waals surface area (Å²) in [6, 6.07) is 9.32. The molecule has 2 heterocycles. The van der Waals surface area contributed by atoms with Gasteiger partial charge in [0, 0.05) is 30.7 Å². The lowest BCUT2D eigenvalue weighted by Crippen LogP contribution is -2.46. The zero-order chi connectivity index (χ0) is 17.9. The first kappa shape index (κ1) is 17.5. The molecule has 132 valence electrons. The number of carbonyl (C=O) groups is 1. The second-order valence-electron chi connectivity index (χ2n) is 5.76. The number of sulfonamides is 1. The Bertz CT molecular complexity index is 855. The van der Waals surface area contributed by atoms with E-state index in [2.05, 4.69) is 10.3 Å². The van der Waals surface area contributed by atoms with Crippen LogP contribution in [-0.2, 0) is 14.8 Å². The Morgan fingerprint density at radius 1 is 1.32 bits per heavy atom. The Morgan fingerprint density at radius 3 is 2.88 bits per heavy atom. The highest BCUT2D eigenvalue weighted by molar-refractivity contribution is 7.89. The van der Waals surface area contributed by atoms with Gasteiger partial charge >= 0.3 is 0 Å². The summed E-state index contributed by atoms with van der Waals surface area (Å²) in [7, 11) is -3.64. The van der Waals surface area contributed by atoms with Gasteiger partial charge in [-0.3, -0.25) is 9.78 Å². The predicted molar refractivity (Wildman–Crippen MR) is 92.8 cm³/mol. The maximum atomic E-state index is 12.9. The molecule has 1 aromatic carbocycles. The molecule has 1 atom stereocenters. The highest BCUT2D eigenvalue weighted by Crippen LogP contribution is 2.23. The number of rotatable bonds is 4. The third-order valence-corrected chi connectivity index (χ3v) is 5.94. The van der Waals surface area contributed by atoms with Crippen molar-refractivity contribution in [1.82, 2.24) is 9.29 Å². The fraction of sp³-hybridized carbons (Fsp3) is 0.294. The Hall–Kier alpha value is -2.29. The second kappa shape index (κ2) is 7.30. The number of nitrogens with one attached hydrogen (secondary N) is 1. The molecule has 0 radical (unpaired) electrons. The standard InChI is InChI=1S/C17H19N3O4S/c1-13-12-24-9-8-20(13)25(22,23)16-6-2-5-15(10-16)19-17(21)14-4-3-7-18-11-14/h2-7,10-11,13H,8-9,12H2,1H3,(H,19,21). The zero-order valence-corrected chi connectivity index (χ0v) is 14.6. The molecule has 1 unspecified atom stereocenters. The van der Waals surface area contributed by atoms with E-state index in [4.69, 9.17) is 4.74 Å². The van der Waals surface area contributed by atoms with Crippen molar-refractivity contribution in [3.05, 3.63) is 54.4 Å². The van der Waals surface area contributed by atoms with Gasteiger partial charge in [-0.25, -0.2) is 8.42 Å². The molecule has 1 N–H and O–H groups in total. The van der Waals surface area contributed by atoms with Crippen molar-refractivity contribution in [2.24, 2.45) is 0 Å². The van der Waals surface area contributed by atoms with Crippen LogP contribution in [0, 0.1) is 0 Å². The summed E-state index contributed by atoms with van der Waals surface area (Å²) in [5.74, 6) is -0.345. The van der Waals surface area contributed by atoms with Crippen LogP contribution in [0.1, 0.15) is 17.3 Å². The molecule has 1 aromatic heterocycles. The highest BCUT2D eigenvalue weighted by atomic mass is 32.2. The van der Waals surface area contributed by atoms with Crippen LogP contribution in [-0.4, -0.2) is 49.4 Å². The number of pyridine rings is 1. The molecule has 0 bridgehead atoms. The topological polar surface area (TPSA) is 88.6 Å². The van der Waals surface area contributed by atoms with Gasteiger partial charge in [-0.15, -0.1) is 0 Å². The fourth-order valence-electron chi connectivity index (χ4n) is 2.64. The SMILES string of the molecule is CC1COCCN1S(=O)(=O)c1cccc(NC(=O)c2cccnc2)c1. The summed E-state index contributed by atoms with van der Waals surface area (Å²) in [5.41, 5.74) is 0.813. The van der Waals surface area contributed by atoms with Crippen molar-refractivity contribution in [2.45, 2.75) is 17.9 Å². The van der Waals surface area contributed by atoms with Crippen LogP contribution < -0.4 is 5.32 Å². The monoisotopic (exact) mass is 361 g/mol. The quantitative estimate of drug-likeness (QED) is 0.896. The maximum absolute atomic E-state index is 12.9. The summed E-state index contributed by atoms with van der Waals surface area (Å²) in [4.78, 5) is 16.2. The number of aromatic nitrogens is 1. The molecule has 0 aliphatic carbocycles. The third kappa shape index (κ3) is 3.87. The van der Waals surface area contributed by atoms with Crippen LogP contribution in [0.25, 0.3) is 0 Å². The van der Waals surface area contributed by atoms with Gasteiger partial charge in [-0.05, 0) is 37.3 Å². The molecule has 8 heteroatoms. The molecular formula is C17H19N3O4S. The molecule has 1 amide bonds. The minimum Gasteiger partial charge on any atom is -0.378 e. The van der Waals surface area contributed by atoms with Crippen molar-refractivity contribution in [3.63, 3.8) is 0 Å². The summed E-state index contributed by atoms with van der Waals surface area (Å²) in [6.45, 7) is 2.87. The van der Waals surface area contributed by atoms with Crippen LogP contribution in [0.5, 0.6) is 0 Å². The molecule has 7 nitrogen and oxygen atoms in total. The molecule has 0 saturated carbocycles. The number of carbonyl (C=O) groups excluding carboxylic acids is 1.